The van der Waals surface area contributed by atoms with Crippen molar-refractivity contribution >= 4 is 12.6 Å². The smallest absolute Gasteiger partial charge is 0.153 e. The predicted molar refractivity (Wildman–Crippen MR) is 116 cm³/mol. The monoisotopic (exact) mass is 386 g/mol. The third-order valence-corrected chi connectivity index (χ3v) is 4.00. The second-order valence-corrected chi connectivity index (χ2v) is 8.26. The van der Waals surface area contributed by atoms with Gasteiger partial charge in [0, 0.05) is 5.56 Å². The molecule has 0 fully saturated rings. The van der Waals surface area contributed by atoms with Gasteiger partial charge >= 0.3 is 0 Å². The largest absolute Gasteiger partial charge is 0.507 e. The highest BCUT2D eigenvalue weighted by Gasteiger charge is 2.24. The fraction of sp³-hybridized carbons (Fsp3) is 0.417. The maximum atomic E-state index is 11.0. The standard InChI is InChI=1S/C15H22O2.C7H6O2.C2H6/c1-14(2,3)11-7-10(9-16)13(17)12(8-11)15(4,5)6;8-5-6-3-1-2-4-7(6)9;1-2/h7-9,17H,1-6H3;1-5,9H;1-2H3. The molecule has 0 bridgehead atoms. The number of hydrogen-bond acceptors (Lipinski definition) is 4. The van der Waals surface area contributed by atoms with Crippen LogP contribution in [0.4, 0.5) is 0 Å². The van der Waals surface area contributed by atoms with Crippen LogP contribution in [0.3, 0.4) is 0 Å². The molecule has 0 radical (unpaired) electrons. The summed E-state index contributed by atoms with van der Waals surface area (Å²) in [4.78, 5) is 21.1. The van der Waals surface area contributed by atoms with E-state index in [4.69, 9.17) is 5.11 Å². The molecule has 0 aliphatic carbocycles. The van der Waals surface area contributed by atoms with Crippen LogP contribution >= 0.6 is 0 Å². The second kappa shape index (κ2) is 10.6. The maximum absolute atomic E-state index is 11.0. The highest BCUT2D eigenvalue weighted by atomic mass is 16.3. The minimum Gasteiger partial charge on any atom is -0.507 e. The summed E-state index contributed by atoms with van der Waals surface area (Å²) in [6.07, 6.45) is 1.34. The van der Waals surface area contributed by atoms with E-state index in [0.717, 1.165) is 17.4 Å². The molecule has 0 amide bonds. The van der Waals surface area contributed by atoms with E-state index in [1.807, 2.05) is 40.7 Å². The first-order valence-corrected chi connectivity index (χ1v) is 9.48. The number of aromatic hydroxyl groups is 2. The van der Waals surface area contributed by atoms with Gasteiger partial charge in [-0.15, -0.1) is 0 Å². The van der Waals surface area contributed by atoms with Crippen LogP contribution in [0.5, 0.6) is 11.5 Å². The third kappa shape index (κ3) is 7.18. The van der Waals surface area contributed by atoms with Gasteiger partial charge < -0.3 is 10.2 Å². The van der Waals surface area contributed by atoms with Gasteiger partial charge in [-0.3, -0.25) is 9.59 Å². The summed E-state index contributed by atoms with van der Waals surface area (Å²) in [5, 5.41) is 19.0. The van der Waals surface area contributed by atoms with Crippen molar-refractivity contribution in [3.05, 3.63) is 58.7 Å². The molecule has 0 atom stereocenters. The fourth-order valence-corrected chi connectivity index (χ4v) is 2.34. The van der Waals surface area contributed by atoms with Gasteiger partial charge in [-0.25, -0.2) is 0 Å². The molecule has 2 aromatic carbocycles. The summed E-state index contributed by atoms with van der Waals surface area (Å²) in [6, 6.07) is 10.2. The van der Waals surface area contributed by atoms with Crippen LogP contribution in [-0.4, -0.2) is 22.8 Å². The molecule has 0 saturated carbocycles. The average Bonchev–Trinajstić information content (AvgIpc) is 2.62. The number of para-hydroxylation sites is 1. The summed E-state index contributed by atoms with van der Waals surface area (Å²) >= 11 is 0. The van der Waals surface area contributed by atoms with Crippen LogP contribution in [-0.2, 0) is 10.8 Å². The quantitative estimate of drug-likeness (QED) is 0.618. The Morgan fingerprint density at radius 3 is 1.61 bits per heavy atom. The summed E-state index contributed by atoms with van der Waals surface area (Å²) in [5.41, 5.74) is 2.39. The Kier molecular flexibility index (Phi) is 9.65. The molecule has 154 valence electrons. The van der Waals surface area contributed by atoms with E-state index >= 15 is 0 Å². The SMILES string of the molecule is CC.CC(C)(C)c1cc(C=O)c(O)c(C(C)(C)C)c1.O=Cc1ccccc1O. The van der Waals surface area contributed by atoms with Crippen LogP contribution in [0.2, 0.25) is 0 Å². The van der Waals surface area contributed by atoms with Crippen LogP contribution < -0.4 is 0 Å². The molecule has 2 N–H and O–H groups in total. The van der Waals surface area contributed by atoms with Crippen LogP contribution in [0.1, 0.15) is 87.2 Å². The first kappa shape index (κ1) is 25.4. The number of phenolic OH excluding ortho intramolecular Hbond substituents is 2. The minimum atomic E-state index is -0.177. The molecule has 0 spiro atoms. The Morgan fingerprint density at radius 2 is 1.25 bits per heavy atom. The number of carbonyl (C=O) groups excluding carboxylic acids is 2. The fourth-order valence-electron chi connectivity index (χ4n) is 2.34. The number of carbonyl (C=O) groups is 2. The van der Waals surface area contributed by atoms with Crippen LogP contribution in [0.25, 0.3) is 0 Å². The van der Waals surface area contributed by atoms with Crippen molar-refractivity contribution in [3.63, 3.8) is 0 Å². The lowest BCUT2D eigenvalue weighted by molar-refractivity contribution is 0.111. The van der Waals surface area contributed by atoms with E-state index in [1.54, 1.807) is 24.3 Å². The van der Waals surface area contributed by atoms with Crippen molar-refractivity contribution in [2.45, 2.75) is 66.2 Å². The van der Waals surface area contributed by atoms with Gasteiger partial charge in [0.25, 0.3) is 0 Å². The first-order chi connectivity index (χ1) is 12.9. The molecule has 0 aliphatic rings. The lowest BCUT2D eigenvalue weighted by Gasteiger charge is -2.26. The van der Waals surface area contributed by atoms with Crippen LogP contribution in [0.15, 0.2) is 36.4 Å². The zero-order chi connectivity index (χ0) is 22.1. The van der Waals surface area contributed by atoms with E-state index in [-0.39, 0.29) is 22.3 Å². The number of hydrogen-bond donors (Lipinski definition) is 2. The Labute approximate surface area is 169 Å². The molecule has 0 aromatic heterocycles. The van der Waals surface area contributed by atoms with Crippen LogP contribution in [0, 0.1) is 0 Å². The molecular formula is C24H34O4. The highest BCUT2D eigenvalue weighted by Crippen LogP contribution is 2.36. The lowest BCUT2D eigenvalue weighted by atomic mass is 9.79. The molecule has 0 unspecified atom stereocenters. The normalized spacial score (nSPS) is 10.7. The lowest BCUT2D eigenvalue weighted by Crippen LogP contribution is -2.17. The van der Waals surface area contributed by atoms with E-state index in [9.17, 15) is 14.7 Å². The number of phenols is 2. The molecular weight excluding hydrogens is 352 g/mol. The van der Waals surface area contributed by atoms with Gasteiger partial charge in [0.1, 0.15) is 11.5 Å². The maximum Gasteiger partial charge on any atom is 0.153 e. The van der Waals surface area contributed by atoms with Crippen molar-refractivity contribution in [2.75, 3.05) is 0 Å². The van der Waals surface area contributed by atoms with Crippen molar-refractivity contribution in [3.8, 4) is 11.5 Å². The first-order valence-electron chi connectivity index (χ1n) is 9.48. The van der Waals surface area contributed by atoms with E-state index < -0.39 is 0 Å². The summed E-state index contributed by atoms with van der Waals surface area (Å²) in [5.74, 6) is 0.146. The molecule has 2 aromatic rings. The number of benzene rings is 2. The van der Waals surface area contributed by atoms with E-state index in [1.165, 1.54) is 6.07 Å². The molecule has 2 rings (SSSR count). The van der Waals surface area contributed by atoms with Gasteiger partial charge in [0.2, 0.25) is 0 Å². The molecule has 4 nitrogen and oxygen atoms in total. The van der Waals surface area contributed by atoms with Crippen molar-refractivity contribution in [2.24, 2.45) is 0 Å². The predicted octanol–water partition coefficient (Wildman–Crippen LogP) is 6.03. The minimum absolute atomic E-state index is 0.0347. The zero-order valence-electron chi connectivity index (χ0n) is 18.3. The zero-order valence-corrected chi connectivity index (χ0v) is 18.3. The number of rotatable bonds is 2. The highest BCUT2D eigenvalue weighted by molar-refractivity contribution is 5.81. The Balaban J connectivity index is 0.000000556. The second-order valence-electron chi connectivity index (χ2n) is 8.26. The third-order valence-electron chi connectivity index (χ3n) is 4.00. The Morgan fingerprint density at radius 1 is 0.750 bits per heavy atom. The molecule has 0 aliphatic heterocycles. The van der Waals surface area contributed by atoms with Gasteiger partial charge in [0.15, 0.2) is 12.6 Å². The Bertz CT molecular complexity index is 778. The summed E-state index contributed by atoms with van der Waals surface area (Å²) in [6.45, 7) is 16.4. The number of aldehydes is 2. The molecule has 0 heterocycles. The molecule has 4 heteroatoms. The van der Waals surface area contributed by atoms with Crippen molar-refractivity contribution in [1.82, 2.24) is 0 Å². The Hall–Kier alpha value is -2.62. The topological polar surface area (TPSA) is 74.6 Å². The van der Waals surface area contributed by atoms with Gasteiger partial charge in [-0.2, -0.15) is 0 Å². The summed E-state index contributed by atoms with van der Waals surface area (Å²) in [7, 11) is 0. The molecule has 28 heavy (non-hydrogen) atoms. The van der Waals surface area contributed by atoms with Crippen molar-refractivity contribution < 1.29 is 19.8 Å². The van der Waals surface area contributed by atoms with E-state index in [0.29, 0.717) is 17.4 Å². The van der Waals surface area contributed by atoms with Crippen molar-refractivity contribution in [1.29, 1.82) is 0 Å². The van der Waals surface area contributed by atoms with Gasteiger partial charge in [-0.1, -0.05) is 73.6 Å². The average molecular weight is 387 g/mol. The summed E-state index contributed by atoms with van der Waals surface area (Å²) < 4.78 is 0. The molecule has 0 saturated heterocycles. The van der Waals surface area contributed by atoms with Gasteiger partial charge in [0.05, 0.1) is 11.1 Å². The van der Waals surface area contributed by atoms with Gasteiger partial charge in [-0.05, 0) is 34.6 Å². The van der Waals surface area contributed by atoms with E-state index in [2.05, 4.69) is 20.8 Å².